The zero-order valence-electron chi connectivity index (χ0n) is 25.6. The number of halogens is 4. The van der Waals surface area contributed by atoms with Crippen molar-refractivity contribution in [2.45, 2.75) is 39.2 Å². The Morgan fingerprint density at radius 1 is 1.04 bits per heavy atom. The maximum Gasteiger partial charge on any atom is 0.421 e. The summed E-state index contributed by atoms with van der Waals surface area (Å²) in [6, 6.07) is 6.70. The summed E-state index contributed by atoms with van der Waals surface area (Å²) in [4.78, 5) is 24.8. The van der Waals surface area contributed by atoms with Gasteiger partial charge in [-0.05, 0) is 50.1 Å². The summed E-state index contributed by atoms with van der Waals surface area (Å²) >= 11 is 0. The van der Waals surface area contributed by atoms with Crippen LogP contribution in [0, 0.1) is 5.82 Å². The molecule has 4 N–H and O–H groups in total. The van der Waals surface area contributed by atoms with Crippen LogP contribution in [0.4, 0.5) is 40.7 Å². The van der Waals surface area contributed by atoms with Gasteiger partial charge in [0, 0.05) is 38.2 Å². The van der Waals surface area contributed by atoms with Gasteiger partial charge in [0.05, 0.1) is 42.6 Å². The molecule has 47 heavy (non-hydrogen) atoms. The maximum absolute atomic E-state index is 15.1. The average Bonchev–Trinajstić information content (AvgIpc) is 3.50. The van der Waals surface area contributed by atoms with Gasteiger partial charge in [-0.3, -0.25) is 14.0 Å². The molecule has 0 bridgehead atoms. The van der Waals surface area contributed by atoms with Crippen LogP contribution in [0.15, 0.2) is 48.9 Å². The number of benzene rings is 1. The van der Waals surface area contributed by atoms with E-state index in [4.69, 9.17) is 14.2 Å². The first-order valence-electron chi connectivity index (χ1n) is 14.4. The highest BCUT2D eigenvalue weighted by molar-refractivity contribution is 7.53. The second-order valence-corrected chi connectivity index (χ2v) is 11.9. The van der Waals surface area contributed by atoms with E-state index in [1.165, 1.54) is 37.5 Å². The van der Waals surface area contributed by atoms with E-state index in [0.29, 0.717) is 36.0 Å². The van der Waals surface area contributed by atoms with E-state index < -0.39 is 36.9 Å². The third-order valence-corrected chi connectivity index (χ3v) is 8.52. The van der Waals surface area contributed by atoms with Crippen molar-refractivity contribution in [2.24, 2.45) is 0 Å². The predicted molar refractivity (Wildman–Crippen MR) is 165 cm³/mol. The first-order chi connectivity index (χ1) is 22.4. The molecule has 0 aliphatic rings. The molecular weight excluding hydrogens is 647 g/mol. The number of aromatic nitrogens is 5. The molecule has 1 aromatic carbocycles. The van der Waals surface area contributed by atoms with E-state index in [0.717, 1.165) is 6.07 Å². The highest BCUT2D eigenvalue weighted by Gasteiger charge is 2.36. The van der Waals surface area contributed by atoms with E-state index in [1.54, 1.807) is 24.7 Å². The van der Waals surface area contributed by atoms with Crippen molar-refractivity contribution >= 4 is 36.6 Å². The van der Waals surface area contributed by atoms with Gasteiger partial charge in [0.1, 0.15) is 17.2 Å². The van der Waals surface area contributed by atoms with Crippen molar-refractivity contribution < 1.29 is 41.1 Å². The molecule has 0 fully saturated rings. The molecular formula is C29H33F4N8O5P. The number of nitrogens with one attached hydrogen (secondary N) is 3. The second-order valence-electron chi connectivity index (χ2n) is 9.86. The lowest BCUT2D eigenvalue weighted by Gasteiger charge is -2.18. The number of anilines is 4. The fraction of sp³-hybridized carbons (Fsp3) is 0.345. The van der Waals surface area contributed by atoms with Crippen molar-refractivity contribution in [1.29, 1.82) is 0 Å². The molecule has 0 aliphatic heterocycles. The summed E-state index contributed by atoms with van der Waals surface area (Å²) in [6.45, 7) is 3.98. The van der Waals surface area contributed by atoms with E-state index in [1.807, 2.05) is 0 Å². The number of carbonyl (C=O) groups is 1. The third-order valence-electron chi connectivity index (χ3n) is 6.47. The van der Waals surface area contributed by atoms with Crippen molar-refractivity contribution in [1.82, 2.24) is 30.0 Å². The Balaban J connectivity index is 1.64. The topological polar surface area (TPSA) is 165 Å². The highest BCUT2D eigenvalue weighted by atomic mass is 31.2. The van der Waals surface area contributed by atoms with Gasteiger partial charge in [-0.1, -0.05) is 6.07 Å². The zero-order chi connectivity index (χ0) is 34.2. The maximum atomic E-state index is 15.1. The fourth-order valence-electron chi connectivity index (χ4n) is 4.36. The fourth-order valence-corrected chi connectivity index (χ4v) is 6.05. The van der Waals surface area contributed by atoms with Gasteiger partial charge >= 0.3 is 13.8 Å². The van der Waals surface area contributed by atoms with Gasteiger partial charge in [0.15, 0.2) is 5.69 Å². The van der Waals surface area contributed by atoms with Crippen molar-refractivity contribution in [3.05, 3.63) is 71.6 Å². The van der Waals surface area contributed by atoms with Crippen LogP contribution in [-0.4, -0.2) is 62.6 Å². The number of aliphatic hydroxyl groups is 1. The molecule has 4 aromatic rings. The number of amides is 1. The number of hydrogen-bond donors (Lipinski definition) is 4. The number of rotatable bonds is 15. The lowest BCUT2D eigenvalue weighted by Crippen LogP contribution is -2.21. The Hall–Kier alpha value is -4.44. The third kappa shape index (κ3) is 9.10. The number of aliphatic hydroxyl groups excluding tert-OH is 1. The largest absolute Gasteiger partial charge is 0.421 e. The number of pyridine rings is 1. The van der Waals surface area contributed by atoms with E-state index in [-0.39, 0.29) is 49.0 Å². The number of hydrogen-bond acceptors (Lipinski definition) is 11. The lowest BCUT2D eigenvalue weighted by molar-refractivity contribution is -0.137. The molecule has 3 heterocycles. The van der Waals surface area contributed by atoms with Crippen LogP contribution in [0.25, 0.3) is 11.3 Å². The van der Waals surface area contributed by atoms with Gasteiger partial charge in [-0.15, -0.1) is 0 Å². The molecule has 3 aromatic heterocycles. The number of aryl methyl sites for hydroxylation is 1. The van der Waals surface area contributed by atoms with Crippen LogP contribution in [0.2, 0.25) is 0 Å². The molecule has 0 radical (unpaired) electrons. The van der Waals surface area contributed by atoms with Crippen LogP contribution >= 0.6 is 7.60 Å². The molecule has 0 spiro atoms. The van der Waals surface area contributed by atoms with Crippen molar-refractivity contribution in [3.63, 3.8) is 0 Å². The Labute approximate surface area is 267 Å². The van der Waals surface area contributed by atoms with Gasteiger partial charge in [0.2, 0.25) is 5.95 Å². The monoisotopic (exact) mass is 680 g/mol. The van der Waals surface area contributed by atoms with Crippen LogP contribution in [0.1, 0.15) is 41.9 Å². The van der Waals surface area contributed by atoms with Crippen LogP contribution in [-0.2, 0) is 32.5 Å². The standard InChI is InChI=1S/C29H33F4N8O5P/c1-4-45-47(44,46-5-2)17-18-7-8-23(21(30)13-18)39-28-35-15-20(29(31,32)33)26(40-28)38-24-10-9-22(37-25(24)27(43)34-3)19-14-36-41(16-19)11-6-12-42/h7-10,13-16,42H,4-6,11-12,17H2,1-3H3,(H,34,43)(H2,35,38,39,40). The second kappa shape index (κ2) is 15.4. The van der Waals surface area contributed by atoms with Gasteiger partial charge < -0.3 is 30.1 Å². The first kappa shape index (κ1) is 35.4. The van der Waals surface area contributed by atoms with Crippen LogP contribution < -0.4 is 16.0 Å². The number of nitrogens with zero attached hydrogens (tertiary/aromatic N) is 5. The van der Waals surface area contributed by atoms with Gasteiger partial charge in [0.25, 0.3) is 5.91 Å². The van der Waals surface area contributed by atoms with Gasteiger partial charge in [-0.25, -0.2) is 14.4 Å². The lowest BCUT2D eigenvalue weighted by atomic mass is 10.1. The van der Waals surface area contributed by atoms with E-state index >= 15 is 4.39 Å². The van der Waals surface area contributed by atoms with Crippen LogP contribution in [0.5, 0.6) is 0 Å². The number of alkyl halides is 3. The van der Waals surface area contributed by atoms with Crippen LogP contribution in [0.3, 0.4) is 0 Å². The highest BCUT2D eigenvalue weighted by Crippen LogP contribution is 2.51. The molecule has 4 rings (SSSR count). The molecule has 13 nitrogen and oxygen atoms in total. The molecule has 0 aliphatic carbocycles. The summed E-state index contributed by atoms with van der Waals surface area (Å²) in [6.07, 6.45) is -0.928. The first-order valence-corrected chi connectivity index (χ1v) is 16.1. The average molecular weight is 681 g/mol. The molecule has 18 heteroatoms. The quantitative estimate of drug-likeness (QED) is 0.0874. The molecule has 0 atom stereocenters. The smallest absolute Gasteiger partial charge is 0.396 e. The summed E-state index contributed by atoms with van der Waals surface area (Å²) < 4.78 is 82.0. The minimum absolute atomic E-state index is 0.0237. The minimum Gasteiger partial charge on any atom is -0.396 e. The molecule has 0 unspecified atom stereocenters. The van der Waals surface area contributed by atoms with Gasteiger partial charge in [-0.2, -0.15) is 23.3 Å². The normalized spacial score (nSPS) is 11.8. The van der Waals surface area contributed by atoms with E-state index in [2.05, 4.69) is 36.0 Å². The molecule has 252 valence electrons. The molecule has 1 amide bonds. The predicted octanol–water partition coefficient (Wildman–Crippen LogP) is 5.89. The molecule has 0 saturated carbocycles. The number of carbonyl (C=O) groups excluding carboxylic acids is 1. The molecule has 0 saturated heterocycles. The SMILES string of the molecule is CCOP(=O)(Cc1ccc(Nc2ncc(C(F)(F)F)c(Nc3ccc(-c4cnn(CCCO)c4)nc3C(=O)NC)n2)c(F)c1)OCC. The summed E-state index contributed by atoms with van der Waals surface area (Å²) in [7, 11) is -2.17. The Bertz CT molecular complexity index is 1740. The Morgan fingerprint density at radius 3 is 2.40 bits per heavy atom. The summed E-state index contributed by atoms with van der Waals surface area (Å²) in [5, 5.41) is 20.8. The van der Waals surface area contributed by atoms with E-state index in [9.17, 15) is 22.5 Å². The summed E-state index contributed by atoms with van der Waals surface area (Å²) in [5.74, 6) is -2.62. The van der Waals surface area contributed by atoms with Crippen molar-refractivity contribution in [3.8, 4) is 11.3 Å². The zero-order valence-corrected chi connectivity index (χ0v) is 26.5. The van der Waals surface area contributed by atoms with Crippen molar-refractivity contribution in [2.75, 3.05) is 37.5 Å². The Morgan fingerprint density at radius 2 is 1.77 bits per heavy atom. The minimum atomic E-state index is -4.90. The summed E-state index contributed by atoms with van der Waals surface area (Å²) in [5.41, 5.74) is -0.577. The Kier molecular flexibility index (Phi) is 11.6.